The second-order valence-electron chi connectivity index (χ2n) is 4.53. The van der Waals surface area contributed by atoms with Crippen LogP contribution in [0, 0.1) is 5.82 Å². The number of halogens is 1. The molecular formula is C14H18FN3O. The largest absolute Gasteiger partial charge is 0.454 e. The van der Waals surface area contributed by atoms with Crippen LogP contribution >= 0.6 is 0 Å². The van der Waals surface area contributed by atoms with Crippen LogP contribution in [-0.2, 0) is 13.0 Å². The molecule has 5 heteroatoms. The van der Waals surface area contributed by atoms with Crippen molar-refractivity contribution in [2.24, 2.45) is 5.73 Å². The molecule has 102 valence electrons. The van der Waals surface area contributed by atoms with Gasteiger partial charge in [0, 0.05) is 18.2 Å². The number of benzene rings is 1. The molecule has 4 nitrogen and oxygen atoms in total. The molecule has 0 radical (unpaired) electrons. The number of aromatic nitrogens is 2. The number of ether oxygens (including phenoxy) is 1. The minimum atomic E-state index is -0.294. The van der Waals surface area contributed by atoms with Crippen LogP contribution < -0.4 is 10.5 Å². The molecule has 0 aliphatic carbocycles. The molecule has 1 unspecified atom stereocenters. The highest BCUT2D eigenvalue weighted by molar-refractivity contribution is 5.38. The third kappa shape index (κ3) is 3.32. The highest BCUT2D eigenvalue weighted by Crippen LogP contribution is 2.27. The minimum absolute atomic E-state index is 0.127. The maximum absolute atomic E-state index is 13.8. The SMILES string of the molecule is CCn1cc(Oc2cccc(F)c2CC(C)N)cn1. The zero-order valence-electron chi connectivity index (χ0n) is 11.1. The average molecular weight is 263 g/mol. The van der Waals surface area contributed by atoms with Gasteiger partial charge in [-0.25, -0.2) is 4.39 Å². The molecule has 2 rings (SSSR count). The van der Waals surface area contributed by atoms with E-state index >= 15 is 0 Å². The Hall–Kier alpha value is -1.88. The van der Waals surface area contributed by atoms with Crippen LogP contribution in [0.2, 0.25) is 0 Å². The van der Waals surface area contributed by atoms with E-state index in [4.69, 9.17) is 10.5 Å². The van der Waals surface area contributed by atoms with Crippen molar-refractivity contribution < 1.29 is 9.13 Å². The van der Waals surface area contributed by atoms with E-state index in [0.717, 1.165) is 6.54 Å². The van der Waals surface area contributed by atoms with Crippen molar-refractivity contribution >= 4 is 0 Å². The first-order valence-electron chi connectivity index (χ1n) is 6.33. The monoisotopic (exact) mass is 263 g/mol. The highest BCUT2D eigenvalue weighted by atomic mass is 19.1. The average Bonchev–Trinajstić information content (AvgIpc) is 2.81. The lowest BCUT2D eigenvalue weighted by atomic mass is 10.1. The van der Waals surface area contributed by atoms with E-state index in [1.54, 1.807) is 29.2 Å². The maximum Gasteiger partial charge on any atom is 0.165 e. The Balaban J connectivity index is 2.26. The predicted octanol–water partition coefficient (Wildman–Crippen LogP) is 2.72. The number of hydrogen-bond donors (Lipinski definition) is 1. The van der Waals surface area contributed by atoms with Crippen LogP contribution in [0.5, 0.6) is 11.5 Å². The molecule has 19 heavy (non-hydrogen) atoms. The van der Waals surface area contributed by atoms with E-state index in [1.165, 1.54) is 6.07 Å². The van der Waals surface area contributed by atoms with Gasteiger partial charge in [-0.15, -0.1) is 0 Å². The lowest BCUT2D eigenvalue weighted by Gasteiger charge is -2.12. The van der Waals surface area contributed by atoms with Crippen LogP contribution in [0.4, 0.5) is 4.39 Å². The molecule has 1 aromatic heterocycles. The van der Waals surface area contributed by atoms with Gasteiger partial charge < -0.3 is 10.5 Å². The van der Waals surface area contributed by atoms with E-state index in [9.17, 15) is 4.39 Å². The van der Waals surface area contributed by atoms with E-state index in [0.29, 0.717) is 23.5 Å². The van der Waals surface area contributed by atoms with Gasteiger partial charge in [-0.05, 0) is 32.4 Å². The third-order valence-electron chi connectivity index (χ3n) is 2.76. The van der Waals surface area contributed by atoms with Crippen molar-refractivity contribution in [2.75, 3.05) is 0 Å². The molecule has 0 bridgehead atoms. The summed E-state index contributed by atoms with van der Waals surface area (Å²) in [7, 11) is 0. The normalized spacial score (nSPS) is 12.4. The smallest absolute Gasteiger partial charge is 0.165 e. The molecule has 0 aliphatic heterocycles. The van der Waals surface area contributed by atoms with Crippen molar-refractivity contribution in [1.82, 2.24) is 9.78 Å². The Morgan fingerprint density at radius 2 is 2.26 bits per heavy atom. The predicted molar refractivity (Wildman–Crippen MR) is 71.7 cm³/mol. The van der Waals surface area contributed by atoms with Gasteiger partial charge in [0.1, 0.15) is 11.6 Å². The summed E-state index contributed by atoms with van der Waals surface area (Å²) >= 11 is 0. The topological polar surface area (TPSA) is 53.1 Å². The fourth-order valence-corrected chi connectivity index (χ4v) is 1.85. The molecule has 1 aromatic carbocycles. The zero-order valence-corrected chi connectivity index (χ0v) is 11.1. The second-order valence-corrected chi connectivity index (χ2v) is 4.53. The molecular weight excluding hydrogens is 245 g/mol. The summed E-state index contributed by atoms with van der Waals surface area (Å²) in [4.78, 5) is 0. The van der Waals surface area contributed by atoms with Gasteiger partial charge in [-0.2, -0.15) is 5.10 Å². The summed E-state index contributed by atoms with van der Waals surface area (Å²) in [5.41, 5.74) is 6.24. The standard InChI is InChI=1S/C14H18FN3O/c1-3-18-9-11(8-17-18)19-14-6-4-5-13(15)12(14)7-10(2)16/h4-6,8-10H,3,7,16H2,1-2H3. The first-order valence-corrected chi connectivity index (χ1v) is 6.33. The van der Waals surface area contributed by atoms with E-state index in [2.05, 4.69) is 5.10 Å². The van der Waals surface area contributed by atoms with Crippen molar-refractivity contribution in [3.05, 3.63) is 42.0 Å². The van der Waals surface area contributed by atoms with Crippen molar-refractivity contribution in [1.29, 1.82) is 0 Å². The van der Waals surface area contributed by atoms with E-state index < -0.39 is 0 Å². The maximum atomic E-state index is 13.8. The Bertz CT molecular complexity index is 551. The van der Waals surface area contributed by atoms with Crippen molar-refractivity contribution in [3.63, 3.8) is 0 Å². The van der Waals surface area contributed by atoms with Crippen LogP contribution in [0.15, 0.2) is 30.6 Å². The molecule has 0 aliphatic rings. The number of nitrogens with two attached hydrogens (primary N) is 1. The number of rotatable bonds is 5. The first kappa shape index (κ1) is 13.5. The summed E-state index contributed by atoms with van der Waals surface area (Å²) in [6, 6.07) is 4.65. The Kier molecular flexibility index (Phi) is 4.16. The van der Waals surface area contributed by atoms with Gasteiger partial charge in [0.15, 0.2) is 5.75 Å². The van der Waals surface area contributed by atoms with Crippen LogP contribution in [-0.4, -0.2) is 15.8 Å². The quantitative estimate of drug-likeness (QED) is 0.902. The Morgan fingerprint density at radius 3 is 2.89 bits per heavy atom. The van der Waals surface area contributed by atoms with Gasteiger partial charge in [0.05, 0.1) is 12.4 Å². The molecule has 0 spiro atoms. The van der Waals surface area contributed by atoms with Gasteiger partial charge in [-0.3, -0.25) is 4.68 Å². The van der Waals surface area contributed by atoms with Gasteiger partial charge in [0.2, 0.25) is 0 Å². The molecule has 0 fully saturated rings. The molecule has 2 N–H and O–H groups in total. The van der Waals surface area contributed by atoms with Gasteiger partial charge >= 0.3 is 0 Å². The molecule has 0 saturated heterocycles. The molecule has 0 saturated carbocycles. The summed E-state index contributed by atoms with van der Waals surface area (Å²) < 4.78 is 21.3. The summed E-state index contributed by atoms with van der Waals surface area (Å²) in [6.45, 7) is 4.59. The van der Waals surface area contributed by atoms with Gasteiger partial charge in [-0.1, -0.05) is 6.07 Å². The fraction of sp³-hybridized carbons (Fsp3) is 0.357. The second kappa shape index (κ2) is 5.84. The lowest BCUT2D eigenvalue weighted by Crippen LogP contribution is -2.19. The number of hydrogen-bond acceptors (Lipinski definition) is 3. The van der Waals surface area contributed by atoms with E-state index in [1.807, 2.05) is 13.8 Å². The molecule has 2 aromatic rings. The number of aryl methyl sites for hydroxylation is 1. The van der Waals surface area contributed by atoms with Crippen LogP contribution in [0.25, 0.3) is 0 Å². The zero-order chi connectivity index (χ0) is 13.8. The van der Waals surface area contributed by atoms with Gasteiger partial charge in [0.25, 0.3) is 0 Å². The third-order valence-corrected chi connectivity index (χ3v) is 2.76. The van der Waals surface area contributed by atoms with E-state index in [-0.39, 0.29) is 11.9 Å². The lowest BCUT2D eigenvalue weighted by molar-refractivity contribution is 0.462. The first-order chi connectivity index (χ1) is 9.10. The number of nitrogens with zero attached hydrogens (tertiary/aromatic N) is 2. The molecule has 1 atom stereocenters. The highest BCUT2D eigenvalue weighted by Gasteiger charge is 2.13. The molecule has 0 amide bonds. The van der Waals surface area contributed by atoms with Crippen LogP contribution in [0.1, 0.15) is 19.4 Å². The molecule has 1 heterocycles. The fourth-order valence-electron chi connectivity index (χ4n) is 1.85. The Labute approximate surface area is 112 Å². The van der Waals surface area contributed by atoms with Crippen molar-refractivity contribution in [2.45, 2.75) is 32.9 Å². The summed E-state index contributed by atoms with van der Waals surface area (Å²) in [6.07, 6.45) is 3.83. The van der Waals surface area contributed by atoms with Crippen LogP contribution in [0.3, 0.4) is 0 Å². The summed E-state index contributed by atoms with van der Waals surface area (Å²) in [5.74, 6) is 0.795. The van der Waals surface area contributed by atoms with Crippen molar-refractivity contribution in [3.8, 4) is 11.5 Å². The minimum Gasteiger partial charge on any atom is -0.454 e. The summed E-state index contributed by atoms with van der Waals surface area (Å²) in [5, 5.41) is 4.12. The Morgan fingerprint density at radius 1 is 1.47 bits per heavy atom.